The third-order valence-electron chi connectivity index (χ3n) is 4.95. The molecule has 0 spiro atoms. The Hall–Kier alpha value is -3.00. The molecule has 0 radical (unpaired) electrons. The first kappa shape index (κ1) is 24.6. The van der Waals surface area contributed by atoms with E-state index in [1.165, 1.54) is 19.3 Å². The second-order valence-corrected chi connectivity index (χ2v) is 8.17. The third kappa shape index (κ3) is 6.99. The van der Waals surface area contributed by atoms with E-state index in [0.29, 0.717) is 34.6 Å². The van der Waals surface area contributed by atoms with Crippen LogP contribution >= 0.6 is 15.9 Å². The van der Waals surface area contributed by atoms with Crippen molar-refractivity contribution in [3.8, 4) is 17.2 Å². The maximum absolute atomic E-state index is 13.0. The number of ether oxygens (including phenoxy) is 3. The van der Waals surface area contributed by atoms with Crippen molar-refractivity contribution in [1.82, 2.24) is 0 Å². The molecule has 174 valence electrons. The summed E-state index contributed by atoms with van der Waals surface area (Å²) in [7, 11) is 1.36. The Bertz CT molecular complexity index is 1120. The van der Waals surface area contributed by atoms with E-state index in [0.717, 1.165) is 17.2 Å². The first-order valence-corrected chi connectivity index (χ1v) is 10.9. The molecule has 0 fully saturated rings. The molecule has 8 heteroatoms. The number of halogens is 4. The Balaban J connectivity index is 1.71. The number of aryl methyl sites for hydroxylation is 2. The van der Waals surface area contributed by atoms with Crippen LogP contribution in [0.2, 0.25) is 0 Å². The van der Waals surface area contributed by atoms with Crippen molar-refractivity contribution in [3.05, 3.63) is 87.6 Å². The molecule has 1 aliphatic rings. The molecule has 1 aliphatic carbocycles. The van der Waals surface area contributed by atoms with Crippen molar-refractivity contribution in [2.75, 3.05) is 7.11 Å². The fourth-order valence-electron chi connectivity index (χ4n) is 3.13. The number of hydrogen-bond acceptors (Lipinski definition) is 4. The second-order valence-electron chi connectivity index (χ2n) is 7.32. The van der Waals surface area contributed by atoms with E-state index >= 15 is 0 Å². The molecule has 0 saturated carbocycles. The predicted octanol–water partition coefficient (Wildman–Crippen LogP) is 7.33. The zero-order valence-corrected chi connectivity index (χ0v) is 19.6. The van der Waals surface area contributed by atoms with Crippen molar-refractivity contribution in [3.63, 3.8) is 0 Å². The van der Waals surface area contributed by atoms with Gasteiger partial charge in [-0.3, -0.25) is 4.79 Å². The van der Waals surface area contributed by atoms with Crippen LogP contribution < -0.4 is 9.47 Å². The summed E-state index contributed by atoms with van der Waals surface area (Å²) in [4.78, 5) is 11.4. The van der Waals surface area contributed by atoms with Crippen molar-refractivity contribution >= 4 is 21.9 Å². The van der Waals surface area contributed by atoms with E-state index in [-0.39, 0.29) is 18.1 Å². The zero-order valence-electron chi connectivity index (χ0n) is 18.0. The molecular formula is C25H22BrF3O4. The number of hydrogen-bond donors (Lipinski definition) is 0. The summed E-state index contributed by atoms with van der Waals surface area (Å²) in [5.41, 5.74) is 1.35. The van der Waals surface area contributed by atoms with E-state index in [9.17, 15) is 18.0 Å². The van der Waals surface area contributed by atoms with Crippen molar-refractivity contribution in [1.29, 1.82) is 0 Å². The number of esters is 1. The minimum absolute atomic E-state index is 0.244. The standard InChI is InChI=1S/C25H22BrF3O4/c1-16-14-21(10-6-17(16)7-13-24(30)31-2)32-19-4-3-5-20(15-19)33-23-12-9-18(25(27,28)29)8-11-22(23)26/h3-6,9-12,14-15H,7-8,13H2,1-2H3. The van der Waals surface area contributed by atoms with Gasteiger partial charge in [0.15, 0.2) is 0 Å². The van der Waals surface area contributed by atoms with Gasteiger partial charge in [-0.05, 0) is 77.2 Å². The largest absolute Gasteiger partial charge is 0.469 e. The normalized spacial score (nSPS) is 13.9. The number of methoxy groups -OCH3 is 1. The quantitative estimate of drug-likeness (QED) is 0.357. The van der Waals surface area contributed by atoms with Crippen molar-refractivity contribution < 1.29 is 32.2 Å². The summed E-state index contributed by atoms with van der Waals surface area (Å²) in [5, 5.41) is 0. The van der Waals surface area contributed by atoms with E-state index in [1.54, 1.807) is 24.3 Å². The van der Waals surface area contributed by atoms with Gasteiger partial charge >= 0.3 is 12.1 Å². The highest BCUT2D eigenvalue weighted by molar-refractivity contribution is 9.11. The van der Waals surface area contributed by atoms with E-state index in [2.05, 4.69) is 20.7 Å². The molecule has 0 aromatic heterocycles. The Morgan fingerprint density at radius 3 is 2.39 bits per heavy atom. The Labute approximate surface area is 198 Å². The molecule has 0 aliphatic heterocycles. The van der Waals surface area contributed by atoms with Crippen LogP contribution in [0, 0.1) is 6.92 Å². The predicted molar refractivity (Wildman–Crippen MR) is 123 cm³/mol. The lowest BCUT2D eigenvalue weighted by atomic mass is 10.0. The van der Waals surface area contributed by atoms with Crippen LogP contribution in [0.4, 0.5) is 13.2 Å². The highest BCUT2D eigenvalue weighted by atomic mass is 79.9. The highest BCUT2D eigenvalue weighted by Gasteiger charge is 2.33. The first-order valence-electron chi connectivity index (χ1n) is 10.1. The highest BCUT2D eigenvalue weighted by Crippen LogP contribution is 2.34. The summed E-state index contributed by atoms with van der Waals surface area (Å²) in [6, 6.07) is 12.4. The summed E-state index contributed by atoms with van der Waals surface area (Å²) in [6.07, 6.45) is -0.0308. The van der Waals surface area contributed by atoms with Crippen molar-refractivity contribution in [2.24, 2.45) is 0 Å². The summed E-state index contributed by atoms with van der Waals surface area (Å²) in [6.45, 7) is 1.93. The van der Waals surface area contributed by atoms with E-state index < -0.39 is 11.7 Å². The molecule has 33 heavy (non-hydrogen) atoms. The van der Waals surface area contributed by atoms with Gasteiger partial charge in [-0.25, -0.2) is 0 Å². The average molecular weight is 523 g/mol. The van der Waals surface area contributed by atoms with Gasteiger partial charge in [-0.1, -0.05) is 24.3 Å². The smallest absolute Gasteiger partial charge is 0.412 e. The molecule has 0 heterocycles. The number of rotatable bonds is 7. The number of alkyl halides is 3. The Morgan fingerprint density at radius 1 is 1.03 bits per heavy atom. The molecule has 0 atom stereocenters. The number of benzene rings is 2. The van der Waals surface area contributed by atoms with Gasteiger partial charge < -0.3 is 14.2 Å². The maximum Gasteiger partial charge on any atom is 0.412 e. The molecule has 0 amide bonds. The minimum atomic E-state index is -4.39. The molecule has 0 N–H and O–H groups in total. The summed E-state index contributed by atoms with van der Waals surface area (Å²) >= 11 is 3.28. The Morgan fingerprint density at radius 2 is 1.73 bits per heavy atom. The van der Waals surface area contributed by atoms with Gasteiger partial charge in [0, 0.05) is 18.1 Å². The van der Waals surface area contributed by atoms with E-state index in [4.69, 9.17) is 9.47 Å². The number of allylic oxidation sites excluding steroid dienone is 5. The minimum Gasteiger partial charge on any atom is -0.469 e. The van der Waals surface area contributed by atoms with Crippen LogP contribution in [0.25, 0.3) is 0 Å². The first-order chi connectivity index (χ1) is 15.7. The molecule has 3 rings (SSSR count). The molecule has 0 saturated heterocycles. The van der Waals surface area contributed by atoms with Gasteiger partial charge in [0.05, 0.1) is 11.6 Å². The third-order valence-corrected chi connectivity index (χ3v) is 5.66. The molecule has 0 bridgehead atoms. The van der Waals surface area contributed by atoms with Gasteiger partial charge in [-0.15, -0.1) is 0 Å². The molecule has 4 nitrogen and oxygen atoms in total. The number of carbonyl (C=O) groups excluding carboxylic acids is 1. The zero-order chi connectivity index (χ0) is 24.0. The Kier molecular flexibility index (Phi) is 8.02. The maximum atomic E-state index is 13.0. The lowest BCUT2D eigenvalue weighted by molar-refractivity contribution is -0.140. The van der Waals surface area contributed by atoms with Crippen LogP contribution in [0.1, 0.15) is 24.0 Å². The van der Waals surface area contributed by atoms with Crippen LogP contribution in [0.5, 0.6) is 17.2 Å². The van der Waals surface area contributed by atoms with Crippen LogP contribution in [-0.2, 0) is 16.0 Å². The average Bonchev–Trinajstić information content (AvgIpc) is 2.95. The van der Waals surface area contributed by atoms with Crippen LogP contribution in [0.3, 0.4) is 0 Å². The van der Waals surface area contributed by atoms with Crippen LogP contribution in [-0.4, -0.2) is 19.3 Å². The molecular weight excluding hydrogens is 501 g/mol. The fraction of sp³-hybridized carbons (Fsp3) is 0.240. The van der Waals surface area contributed by atoms with Gasteiger partial charge in [0.25, 0.3) is 0 Å². The lowest BCUT2D eigenvalue weighted by Gasteiger charge is -2.12. The second kappa shape index (κ2) is 10.7. The van der Waals surface area contributed by atoms with Crippen molar-refractivity contribution in [2.45, 2.75) is 32.4 Å². The monoisotopic (exact) mass is 522 g/mol. The number of carbonyl (C=O) groups is 1. The molecule has 0 unspecified atom stereocenters. The van der Waals surface area contributed by atoms with Gasteiger partial charge in [0.2, 0.25) is 0 Å². The fourth-order valence-corrected chi connectivity index (χ4v) is 3.51. The van der Waals surface area contributed by atoms with Crippen LogP contribution in [0.15, 0.2) is 76.5 Å². The lowest BCUT2D eigenvalue weighted by Crippen LogP contribution is -2.10. The SMILES string of the molecule is COC(=O)CCc1ccc(Oc2cccc(OC3=CC=C(C(F)(F)F)CC=C3Br)c2)cc1C. The van der Waals surface area contributed by atoms with E-state index in [1.807, 2.05) is 25.1 Å². The summed E-state index contributed by atoms with van der Waals surface area (Å²) in [5.74, 6) is 1.53. The molecule has 2 aromatic carbocycles. The topological polar surface area (TPSA) is 44.8 Å². The summed E-state index contributed by atoms with van der Waals surface area (Å²) < 4.78 is 55.8. The van der Waals surface area contributed by atoms with Gasteiger partial charge in [0.1, 0.15) is 23.0 Å². The molecule has 2 aromatic rings. The van der Waals surface area contributed by atoms with Gasteiger partial charge in [-0.2, -0.15) is 13.2 Å².